The molecule has 0 aliphatic heterocycles. The maximum Gasteiger partial charge on any atom is 0.315 e. The first kappa shape index (κ1) is 21.5. The highest BCUT2D eigenvalue weighted by Gasteiger charge is 2.74. The molecule has 2 aliphatic rings. The Hall–Kier alpha value is -0.810. The van der Waals surface area contributed by atoms with E-state index in [1.54, 1.807) is 6.08 Å². The number of esters is 1. The van der Waals surface area contributed by atoms with E-state index in [2.05, 4.69) is 26.1 Å². The minimum Gasteiger partial charge on any atom is -0.462 e. The molecule has 0 aromatic heterocycles. The molecule has 26 heavy (non-hydrogen) atoms. The summed E-state index contributed by atoms with van der Waals surface area (Å²) in [6.07, 6.45) is 5.40. The molecule has 0 radical (unpaired) electrons. The van der Waals surface area contributed by atoms with Crippen LogP contribution in [0.15, 0.2) is 12.7 Å². The van der Waals surface area contributed by atoms with E-state index in [0.29, 0.717) is 18.6 Å². The van der Waals surface area contributed by atoms with E-state index < -0.39 is 11.5 Å². The second-order valence-corrected chi connectivity index (χ2v) is 9.11. The molecule has 4 nitrogen and oxygen atoms in total. The van der Waals surface area contributed by atoms with E-state index in [4.69, 9.17) is 4.74 Å². The number of fused-ring (bicyclic) bond motifs is 1. The molecule has 0 aromatic carbocycles. The van der Waals surface area contributed by atoms with Gasteiger partial charge in [-0.3, -0.25) is 9.59 Å². The predicted octanol–water partition coefficient (Wildman–Crippen LogP) is 3.97. The number of carbonyl (C=O) groups is 2. The predicted molar refractivity (Wildman–Crippen MR) is 106 cm³/mol. The third-order valence-corrected chi connectivity index (χ3v) is 7.51. The number of ketones is 1. The molecule has 5 heteroatoms. The molecule has 2 fully saturated rings. The summed E-state index contributed by atoms with van der Waals surface area (Å²) in [7, 11) is 0. The molecule has 1 N–H and O–H groups in total. The third kappa shape index (κ3) is 3.49. The Bertz CT molecular complexity index is 572. The second-order valence-electron chi connectivity index (χ2n) is 8.79. The molecule has 2 aliphatic carbocycles. The van der Waals surface area contributed by atoms with Crippen molar-refractivity contribution >= 4 is 24.4 Å². The van der Waals surface area contributed by atoms with Crippen LogP contribution >= 0.6 is 12.6 Å². The van der Waals surface area contributed by atoms with E-state index in [1.807, 2.05) is 20.8 Å². The monoisotopic (exact) mass is 382 g/mol. The van der Waals surface area contributed by atoms with Crippen LogP contribution in [-0.4, -0.2) is 34.8 Å². The fourth-order valence-corrected chi connectivity index (χ4v) is 5.34. The van der Waals surface area contributed by atoms with E-state index in [-0.39, 0.29) is 34.6 Å². The Morgan fingerprint density at radius 1 is 1.54 bits per heavy atom. The Balaban J connectivity index is 2.15. The lowest BCUT2D eigenvalue weighted by Gasteiger charge is -2.40. The molecular weight excluding hydrogens is 348 g/mol. The van der Waals surface area contributed by atoms with E-state index in [0.717, 1.165) is 25.7 Å². The standard InChI is InChI=1S/C21H34O4S/c1-6-8-15(25-17(23)12-26)11-19(4,7-2)18(24)14(3)21-10-9-16(22)20(21,5)13-21/h7,14-15,18,24,26H,2,6,8-13H2,1,3-5H3/t14-,15-,18-,19+,20?,21?/m0/s1. The van der Waals surface area contributed by atoms with Crippen LogP contribution in [0.25, 0.3) is 0 Å². The summed E-state index contributed by atoms with van der Waals surface area (Å²) in [6, 6.07) is 0. The van der Waals surface area contributed by atoms with Crippen LogP contribution in [0.1, 0.15) is 66.2 Å². The van der Waals surface area contributed by atoms with Crippen molar-refractivity contribution in [3.63, 3.8) is 0 Å². The average molecular weight is 383 g/mol. The molecule has 148 valence electrons. The summed E-state index contributed by atoms with van der Waals surface area (Å²) >= 11 is 3.98. The maximum absolute atomic E-state index is 12.2. The first-order valence-corrected chi connectivity index (χ1v) is 10.4. The fraction of sp³-hybridized carbons (Fsp3) is 0.810. The third-order valence-electron chi connectivity index (χ3n) is 7.25. The number of Topliss-reactive ketones (excluding diaryl/α,β-unsaturated/α-hetero) is 1. The molecule has 2 unspecified atom stereocenters. The zero-order valence-corrected chi connectivity index (χ0v) is 17.5. The summed E-state index contributed by atoms with van der Waals surface area (Å²) in [5, 5.41) is 11.3. The number of thiol groups is 1. The van der Waals surface area contributed by atoms with Crippen LogP contribution in [0.4, 0.5) is 0 Å². The number of aliphatic hydroxyl groups is 1. The molecule has 2 rings (SSSR count). The number of hydrogen-bond donors (Lipinski definition) is 2. The van der Waals surface area contributed by atoms with Crippen molar-refractivity contribution < 1.29 is 19.4 Å². The smallest absolute Gasteiger partial charge is 0.315 e. The highest BCUT2D eigenvalue weighted by Crippen LogP contribution is 2.75. The Kier molecular flexibility index (Phi) is 6.34. The van der Waals surface area contributed by atoms with Crippen LogP contribution in [-0.2, 0) is 14.3 Å². The van der Waals surface area contributed by atoms with Crippen molar-refractivity contribution in [3.05, 3.63) is 12.7 Å². The van der Waals surface area contributed by atoms with E-state index in [9.17, 15) is 14.7 Å². The van der Waals surface area contributed by atoms with Crippen molar-refractivity contribution in [1.29, 1.82) is 0 Å². The highest BCUT2D eigenvalue weighted by atomic mass is 32.1. The molecule has 2 saturated carbocycles. The van der Waals surface area contributed by atoms with Gasteiger partial charge in [0.2, 0.25) is 0 Å². The Morgan fingerprint density at radius 3 is 2.62 bits per heavy atom. The van der Waals surface area contributed by atoms with E-state index >= 15 is 0 Å². The van der Waals surface area contributed by atoms with Gasteiger partial charge in [0.25, 0.3) is 0 Å². The minimum absolute atomic E-state index is 0.00944. The normalized spacial score (nSPS) is 32.9. The van der Waals surface area contributed by atoms with Crippen LogP contribution in [0, 0.1) is 22.2 Å². The van der Waals surface area contributed by atoms with Gasteiger partial charge in [0.1, 0.15) is 11.9 Å². The van der Waals surface area contributed by atoms with Crippen molar-refractivity contribution in [2.24, 2.45) is 22.2 Å². The molecule has 0 heterocycles. The summed E-state index contributed by atoms with van der Waals surface area (Å²) in [5.74, 6) is 0.0387. The van der Waals surface area contributed by atoms with Crippen molar-refractivity contribution in [2.45, 2.75) is 78.4 Å². The molecule has 0 bridgehead atoms. The Morgan fingerprint density at radius 2 is 2.19 bits per heavy atom. The molecular formula is C21H34O4S. The maximum atomic E-state index is 12.2. The lowest BCUT2D eigenvalue weighted by molar-refractivity contribution is -0.148. The molecule has 6 atom stereocenters. The zero-order chi connectivity index (χ0) is 19.8. The molecule has 0 aromatic rings. The van der Waals surface area contributed by atoms with Crippen LogP contribution in [0.5, 0.6) is 0 Å². The second kappa shape index (κ2) is 7.67. The summed E-state index contributed by atoms with van der Waals surface area (Å²) < 4.78 is 5.54. The molecule has 0 spiro atoms. The van der Waals surface area contributed by atoms with Gasteiger partial charge in [-0.1, -0.05) is 40.2 Å². The quantitative estimate of drug-likeness (QED) is 0.341. The first-order chi connectivity index (χ1) is 12.1. The minimum atomic E-state index is -0.637. The number of carbonyl (C=O) groups excluding carboxylic acids is 2. The lowest BCUT2D eigenvalue weighted by Crippen LogP contribution is -2.43. The van der Waals surface area contributed by atoms with Gasteiger partial charge in [-0.05, 0) is 37.0 Å². The van der Waals surface area contributed by atoms with Crippen molar-refractivity contribution in [2.75, 3.05) is 5.75 Å². The highest BCUT2D eigenvalue weighted by molar-refractivity contribution is 7.81. The van der Waals surface area contributed by atoms with Crippen molar-refractivity contribution in [3.8, 4) is 0 Å². The van der Waals surface area contributed by atoms with Gasteiger partial charge in [0.05, 0.1) is 11.9 Å². The lowest BCUT2D eigenvalue weighted by atomic mass is 9.68. The number of rotatable bonds is 10. The van der Waals surface area contributed by atoms with Gasteiger partial charge in [-0.2, -0.15) is 12.6 Å². The fourth-order valence-electron chi connectivity index (χ4n) is 5.27. The molecule has 0 saturated heterocycles. The van der Waals surface area contributed by atoms with Crippen LogP contribution in [0.3, 0.4) is 0 Å². The van der Waals surface area contributed by atoms with E-state index in [1.165, 1.54) is 0 Å². The Labute approximate surface area is 163 Å². The molecule has 0 amide bonds. The summed E-state index contributed by atoms with van der Waals surface area (Å²) in [6.45, 7) is 12.1. The number of hydrogen-bond acceptors (Lipinski definition) is 5. The number of aliphatic hydroxyl groups excluding tert-OH is 1. The van der Waals surface area contributed by atoms with Crippen LogP contribution in [0.2, 0.25) is 0 Å². The largest absolute Gasteiger partial charge is 0.462 e. The topological polar surface area (TPSA) is 63.6 Å². The summed E-state index contributed by atoms with van der Waals surface area (Å²) in [4.78, 5) is 23.9. The van der Waals surface area contributed by atoms with Gasteiger partial charge in [0, 0.05) is 17.3 Å². The van der Waals surface area contributed by atoms with Crippen molar-refractivity contribution in [1.82, 2.24) is 0 Å². The van der Waals surface area contributed by atoms with Gasteiger partial charge in [0.15, 0.2) is 0 Å². The van der Waals surface area contributed by atoms with Gasteiger partial charge in [-0.15, -0.1) is 6.58 Å². The number of ether oxygens (including phenoxy) is 1. The summed E-state index contributed by atoms with van der Waals surface area (Å²) in [5.41, 5.74) is -0.938. The average Bonchev–Trinajstić information content (AvgIpc) is 3.17. The van der Waals surface area contributed by atoms with Gasteiger partial charge in [-0.25, -0.2) is 0 Å². The first-order valence-electron chi connectivity index (χ1n) is 9.75. The SMILES string of the molecule is C=C[C@](C)(C[C@H](CCC)OC(=O)CS)[C@@H](O)[C@H](C)C12CCC(=O)C1(C)C2. The zero-order valence-electron chi connectivity index (χ0n) is 16.6. The van der Waals surface area contributed by atoms with Gasteiger partial charge < -0.3 is 9.84 Å². The van der Waals surface area contributed by atoms with Gasteiger partial charge >= 0.3 is 5.97 Å². The van der Waals surface area contributed by atoms with Crippen LogP contribution < -0.4 is 0 Å².